The Labute approximate surface area is 125 Å². The molecule has 0 nitrogen and oxygen atoms in total. The van der Waals surface area contributed by atoms with Gasteiger partial charge < -0.3 is 12.4 Å². The first-order valence-electron chi connectivity index (χ1n) is 4.22. The van der Waals surface area contributed by atoms with Crippen LogP contribution in [0, 0.1) is 0 Å². The molecule has 0 bridgehead atoms. The first kappa shape index (κ1) is 24.8. The van der Waals surface area contributed by atoms with Crippen molar-refractivity contribution in [2.75, 3.05) is 0 Å². The van der Waals surface area contributed by atoms with Crippen molar-refractivity contribution in [2.24, 2.45) is 0 Å². The largest absolute Gasteiger partial charge is 1.00 e. The van der Waals surface area contributed by atoms with Crippen molar-refractivity contribution in [3.63, 3.8) is 0 Å². The minimum Gasteiger partial charge on any atom is -1.00 e. The fourth-order valence-corrected chi connectivity index (χ4v) is 1.17. The number of rotatable bonds is 5. The second-order valence-electron chi connectivity index (χ2n) is 3.52. The molecule has 0 aromatic heterocycles. The maximum Gasteiger partial charge on any atom is 0.560 e. The van der Waals surface area contributed by atoms with E-state index in [-0.39, 0.29) is 12.4 Å². The number of alkyl halides is 13. The van der Waals surface area contributed by atoms with Crippen LogP contribution >= 0.6 is 0 Å². The van der Waals surface area contributed by atoms with E-state index in [9.17, 15) is 64.8 Å². The van der Waals surface area contributed by atoms with Gasteiger partial charge in [0.2, 0.25) is 0 Å². The fourth-order valence-electron chi connectivity index (χ4n) is 0.852. The molecular weight excluding hydrogens is 425 g/mol. The molecule has 0 fully saturated rings. The molecule has 0 radical (unpaired) electrons. The van der Waals surface area contributed by atoms with Crippen LogP contribution in [0.15, 0.2) is 0 Å². The molecule has 0 unspecified atom stereocenters. The van der Waals surface area contributed by atoms with E-state index < -0.39 is 46.8 Å². The summed E-state index contributed by atoms with van der Waals surface area (Å²) in [5, 5.41) is -7.29. The van der Waals surface area contributed by atoms with Gasteiger partial charge in [0.25, 0.3) is 0 Å². The van der Waals surface area contributed by atoms with Gasteiger partial charge in [-0.1, -0.05) is 0 Å². The summed E-state index contributed by atoms with van der Waals surface area (Å²) < 4.78 is 182. The molecule has 0 saturated carbocycles. The molecule has 0 atom stereocenters. The Balaban J connectivity index is 0. The van der Waals surface area contributed by atoms with Crippen molar-refractivity contribution in [1.29, 1.82) is 0 Å². The second kappa shape index (κ2) is 6.15. The number of hydrogen-bond acceptors (Lipinski definition) is 0. The SMILES string of the molecule is F[S+](F)C(F)(F)C(F)(F)C(F)(F)C(F)(F)C(F)(F)C(F)(F)F.[Cl-]. The van der Waals surface area contributed by atoms with Gasteiger partial charge in [0.1, 0.15) is 0 Å². The van der Waals surface area contributed by atoms with E-state index in [1.54, 1.807) is 0 Å². The van der Waals surface area contributed by atoms with Crippen molar-refractivity contribution < 1.29 is 77.3 Å². The maximum absolute atomic E-state index is 12.6. The molecule has 142 valence electrons. The molecule has 0 saturated heterocycles. The smallest absolute Gasteiger partial charge is 0.560 e. The summed E-state index contributed by atoms with van der Waals surface area (Å²) in [4.78, 5) is 0. The van der Waals surface area contributed by atoms with Crippen molar-refractivity contribution >= 4 is 11.7 Å². The predicted octanol–water partition coefficient (Wildman–Crippen LogP) is 2.07. The van der Waals surface area contributed by atoms with Crippen LogP contribution < -0.4 is 12.4 Å². The average Bonchev–Trinajstić information content (AvgIpc) is 2.25. The Kier molecular flexibility index (Phi) is 6.64. The van der Waals surface area contributed by atoms with E-state index in [2.05, 4.69) is 0 Å². The molecule has 0 aliphatic rings. The lowest BCUT2D eigenvalue weighted by molar-refractivity contribution is -0.433. The van der Waals surface area contributed by atoms with Crippen molar-refractivity contribution in [2.45, 2.75) is 35.1 Å². The molecule has 0 rings (SSSR count). The molecule has 17 heteroatoms. The highest BCUT2D eigenvalue weighted by molar-refractivity contribution is 7.88. The summed E-state index contributed by atoms with van der Waals surface area (Å²) in [6.45, 7) is 0. The van der Waals surface area contributed by atoms with Crippen LogP contribution in [-0.2, 0) is 11.7 Å². The van der Waals surface area contributed by atoms with E-state index in [0.29, 0.717) is 0 Å². The van der Waals surface area contributed by atoms with E-state index in [1.807, 2.05) is 0 Å². The van der Waals surface area contributed by atoms with Crippen LogP contribution in [0.3, 0.4) is 0 Å². The van der Waals surface area contributed by atoms with E-state index in [1.165, 1.54) is 0 Å². The first-order valence-corrected chi connectivity index (χ1v) is 5.24. The summed E-state index contributed by atoms with van der Waals surface area (Å²) in [6.07, 6.45) is -7.56. The number of halogens is 16. The van der Waals surface area contributed by atoms with Gasteiger partial charge in [0.05, 0.1) is 7.77 Å². The minimum atomic E-state index is -8.16. The zero-order valence-corrected chi connectivity index (χ0v) is 11.0. The monoisotopic (exact) mass is 424 g/mol. The van der Waals surface area contributed by atoms with Crippen molar-refractivity contribution in [3.05, 3.63) is 0 Å². The van der Waals surface area contributed by atoms with Crippen molar-refractivity contribution in [3.8, 4) is 0 Å². The quantitative estimate of drug-likeness (QED) is 0.468. The normalized spacial score (nSPS) is 15.7. The summed E-state index contributed by atoms with van der Waals surface area (Å²) >= 11 is -6.05. The standard InChI is InChI=1S/C6F15S.ClH/c7-1(8,3(11,12)5(15,16)17)2(9,10)4(13,14)6(18,19)22(20)21;/h;1H/q+1;/p-1. The molecular formula is C6ClF15S. The highest BCUT2D eigenvalue weighted by atomic mass is 35.5. The van der Waals surface area contributed by atoms with Gasteiger partial charge >= 0.3 is 46.8 Å². The van der Waals surface area contributed by atoms with Gasteiger partial charge in [-0.15, -0.1) is 8.78 Å². The lowest BCUT2D eigenvalue weighted by Crippen LogP contribution is -3.00. The van der Waals surface area contributed by atoms with Gasteiger partial charge in [-0.25, -0.2) is 0 Å². The van der Waals surface area contributed by atoms with Crippen LogP contribution in [0.25, 0.3) is 0 Å². The third kappa shape index (κ3) is 3.24. The Bertz CT molecular complexity index is 411. The Morgan fingerprint density at radius 3 is 0.913 bits per heavy atom. The van der Waals surface area contributed by atoms with Gasteiger partial charge in [0.15, 0.2) is 0 Å². The zero-order chi connectivity index (χ0) is 18.6. The van der Waals surface area contributed by atoms with Gasteiger partial charge in [0, 0.05) is 0 Å². The Morgan fingerprint density at radius 2 is 0.696 bits per heavy atom. The minimum absolute atomic E-state index is 0. The highest BCUT2D eigenvalue weighted by Crippen LogP contribution is 2.61. The Morgan fingerprint density at radius 1 is 0.435 bits per heavy atom. The van der Waals surface area contributed by atoms with E-state index in [0.717, 1.165) is 0 Å². The van der Waals surface area contributed by atoms with Crippen molar-refractivity contribution in [1.82, 2.24) is 0 Å². The number of hydrogen-bond donors (Lipinski definition) is 0. The molecule has 0 aromatic carbocycles. The topological polar surface area (TPSA) is 0 Å². The van der Waals surface area contributed by atoms with Crippen LogP contribution in [0.1, 0.15) is 0 Å². The molecule has 0 spiro atoms. The lowest BCUT2D eigenvalue weighted by Gasteiger charge is -2.36. The third-order valence-corrected chi connectivity index (χ3v) is 2.74. The summed E-state index contributed by atoms with van der Waals surface area (Å²) in [5.74, 6) is -32.1. The molecule has 0 amide bonds. The second-order valence-corrected chi connectivity index (χ2v) is 4.46. The molecule has 0 heterocycles. The summed E-state index contributed by atoms with van der Waals surface area (Å²) in [6, 6.07) is 0. The predicted molar refractivity (Wildman–Crippen MR) is 40.4 cm³/mol. The van der Waals surface area contributed by atoms with Gasteiger partial charge in [-0.2, -0.15) is 48.3 Å². The van der Waals surface area contributed by atoms with Crippen LogP contribution in [0.5, 0.6) is 0 Å². The highest BCUT2D eigenvalue weighted by Gasteiger charge is 2.95. The van der Waals surface area contributed by atoms with Crippen LogP contribution in [0.4, 0.5) is 64.8 Å². The third-order valence-electron chi connectivity index (χ3n) is 2.10. The fraction of sp³-hybridized carbons (Fsp3) is 1.00. The van der Waals surface area contributed by atoms with Gasteiger partial charge in [-0.3, -0.25) is 0 Å². The zero-order valence-electron chi connectivity index (χ0n) is 9.46. The van der Waals surface area contributed by atoms with E-state index in [4.69, 9.17) is 0 Å². The van der Waals surface area contributed by atoms with Crippen LogP contribution in [-0.4, -0.2) is 35.1 Å². The Hall–Kier alpha value is -0.410. The van der Waals surface area contributed by atoms with Crippen LogP contribution in [0.2, 0.25) is 0 Å². The van der Waals surface area contributed by atoms with E-state index >= 15 is 0 Å². The molecule has 0 aliphatic heterocycles. The average molecular weight is 425 g/mol. The molecule has 0 aromatic rings. The maximum atomic E-state index is 12.6. The molecule has 0 N–H and O–H groups in total. The summed E-state index contributed by atoms with van der Waals surface area (Å²) in [5.41, 5.74) is 0. The lowest BCUT2D eigenvalue weighted by atomic mass is 9.98. The first-order chi connectivity index (χ1) is 9.19. The molecule has 23 heavy (non-hydrogen) atoms. The summed E-state index contributed by atoms with van der Waals surface area (Å²) in [7, 11) is 0. The van der Waals surface area contributed by atoms with Gasteiger partial charge in [-0.05, 0) is 0 Å². The molecule has 0 aliphatic carbocycles.